The minimum atomic E-state index is -0.547. The first-order chi connectivity index (χ1) is 12.4. The van der Waals surface area contributed by atoms with Crippen molar-refractivity contribution in [2.24, 2.45) is 17.3 Å². The lowest BCUT2D eigenvalue weighted by Gasteiger charge is -2.60. The molecule has 5 nitrogen and oxygen atoms in total. The lowest BCUT2D eigenvalue weighted by molar-refractivity contribution is -0.167. The largest absolute Gasteiger partial charge is 0.462 e. The minimum absolute atomic E-state index is 0.0310. The monoisotopic (exact) mass is 357 g/mol. The van der Waals surface area contributed by atoms with Gasteiger partial charge in [-0.25, -0.2) is 4.79 Å². The van der Waals surface area contributed by atoms with Crippen molar-refractivity contribution in [3.05, 3.63) is 29.8 Å². The number of rotatable bonds is 5. The quantitative estimate of drug-likeness (QED) is 0.791. The standard InChI is InChI=1S/C21H27NO4/c1-2-26-19(24)16-4-3-5-17(7-16)22-18(23)12-20-8-14-6-15(9-20)11-21(25,10-14)13-20/h3-5,7,14-15,25H,2,6,8-13H2,1H3,(H,22,23)/t14-,15+,20?,21?. The van der Waals surface area contributed by atoms with Crippen molar-refractivity contribution >= 4 is 17.6 Å². The Kier molecular flexibility index (Phi) is 4.30. The van der Waals surface area contributed by atoms with Crippen LogP contribution in [0, 0.1) is 17.3 Å². The highest BCUT2D eigenvalue weighted by Gasteiger charge is 2.57. The van der Waals surface area contributed by atoms with Crippen molar-refractivity contribution in [1.29, 1.82) is 0 Å². The van der Waals surface area contributed by atoms with Crippen LogP contribution >= 0.6 is 0 Å². The van der Waals surface area contributed by atoms with Crippen molar-refractivity contribution in [3.8, 4) is 0 Å². The van der Waals surface area contributed by atoms with Crippen LogP contribution < -0.4 is 5.32 Å². The zero-order chi connectivity index (χ0) is 18.4. The fraction of sp³-hybridized carbons (Fsp3) is 0.619. The maximum atomic E-state index is 12.7. The maximum absolute atomic E-state index is 12.7. The second kappa shape index (κ2) is 6.38. The summed E-state index contributed by atoms with van der Waals surface area (Å²) in [6.07, 6.45) is 6.36. The average molecular weight is 357 g/mol. The van der Waals surface area contributed by atoms with Crippen LogP contribution in [0.4, 0.5) is 5.69 Å². The fourth-order valence-electron chi connectivity index (χ4n) is 6.09. The molecule has 2 N–H and O–H groups in total. The van der Waals surface area contributed by atoms with E-state index < -0.39 is 5.60 Å². The molecule has 1 aromatic carbocycles. The van der Waals surface area contributed by atoms with Gasteiger partial charge in [-0.05, 0) is 80.9 Å². The molecule has 0 radical (unpaired) electrons. The number of hydrogen-bond donors (Lipinski definition) is 2. The van der Waals surface area contributed by atoms with Crippen LogP contribution in [0.25, 0.3) is 0 Å². The lowest BCUT2D eigenvalue weighted by atomic mass is 9.47. The molecule has 4 atom stereocenters. The van der Waals surface area contributed by atoms with Gasteiger partial charge >= 0.3 is 5.97 Å². The number of hydrogen-bond acceptors (Lipinski definition) is 4. The van der Waals surface area contributed by atoms with Gasteiger partial charge in [-0.3, -0.25) is 4.79 Å². The van der Waals surface area contributed by atoms with E-state index in [1.54, 1.807) is 31.2 Å². The van der Waals surface area contributed by atoms with Gasteiger partial charge in [-0.15, -0.1) is 0 Å². The topological polar surface area (TPSA) is 75.6 Å². The van der Waals surface area contributed by atoms with E-state index >= 15 is 0 Å². The van der Waals surface area contributed by atoms with Gasteiger partial charge in [0.05, 0.1) is 17.8 Å². The molecular weight excluding hydrogens is 330 g/mol. The Hall–Kier alpha value is -1.88. The van der Waals surface area contributed by atoms with E-state index in [2.05, 4.69) is 5.32 Å². The first-order valence-electron chi connectivity index (χ1n) is 9.68. The first kappa shape index (κ1) is 17.5. The number of ether oxygens (including phenoxy) is 1. The highest BCUT2D eigenvalue weighted by atomic mass is 16.5. The number of carbonyl (C=O) groups excluding carboxylic acids is 2. The van der Waals surface area contributed by atoms with E-state index in [-0.39, 0.29) is 17.3 Å². The van der Waals surface area contributed by atoms with Crippen LogP contribution in [-0.2, 0) is 9.53 Å². The Morgan fingerprint density at radius 2 is 1.96 bits per heavy atom. The highest BCUT2D eigenvalue weighted by molar-refractivity contribution is 5.94. The zero-order valence-corrected chi connectivity index (χ0v) is 15.3. The Bertz CT molecular complexity index is 714. The molecule has 4 bridgehead atoms. The summed E-state index contributed by atoms with van der Waals surface area (Å²) < 4.78 is 5.01. The number of anilines is 1. The van der Waals surface area contributed by atoms with Crippen LogP contribution in [0.1, 0.15) is 62.2 Å². The van der Waals surface area contributed by atoms with Crippen molar-refractivity contribution in [2.75, 3.05) is 11.9 Å². The van der Waals surface area contributed by atoms with Gasteiger partial charge in [-0.1, -0.05) is 6.07 Å². The predicted molar refractivity (Wildman–Crippen MR) is 97.7 cm³/mol. The number of benzene rings is 1. The first-order valence-corrected chi connectivity index (χ1v) is 9.68. The Labute approximate surface area is 154 Å². The fourth-order valence-corrected chi connectivity index (χ4v) is 6.09. The van der Waals surface area contributed by atoms with Gasteiger partial charge < -0.3 is 15.2 Å². The van der Waals surface area contributed by atoms with Crippen LogP contribution in [0.5, 0.6) is 0 Å². The molecule has 0 heterocycles. The molecule has 5 heteroatoms. The molecule has 0 aromatic heterocycles. The third-order valence-electron chi connectivity index (χ3n) is 6.34. The minimum Gasteiger partial charge on any atom is -0.462 e. The predicted octanol–water partition coefficient (Wildman–Crippen LogP) is 3.52. The van der Waals surface area contributed by atoms with Gasteiger partial charge in [0.2, 0.25) is 5.91 Å². The summed E-state index contributed by atoms with van der Waals surface area (Å²) in [5.74, 6) is 0.728. The second-order valence-electron chi connectivity index (χ2n) is 8.71. The zero-order valence-electron chi connectivity index (χ0n) is 15.3. The van der Waals surface area contributed by atoms with E-state index in [1.165, 1.54) is 6.42 Å². The van der Waals surface area contributed by atoms with E-state index in [0.717, 1.165) is 32.1 Å². The summed E-state index contributed by atoms with van der Waals surface area (Å²) in [5, 5.41) is 13.8. The molecule has 2 unspecified atom stereocenters. The molecule has 5 rings (SSSR count). The van der Waals surface area contributed by atoms with Crippen molar-refractivity contribution in [3.63, 3.8) is 0 Å². The summed E-state index contributed by atoms with van der Waals surface area (Å²) in [4.78, 5) is 24.6. The van der Waals surface area contributed by atoms with E-state index in [0.29, 0.717) is 36.1 Å². The van der Waals surface area contributed by atoms with Gasteiger partial charge in [-0.2, -0.15) is 0 Å². The number of aliphatic hydroxyl groups is 1. The molecule has 0 aliphatic heterocycles. The summed E-state index contributed by atoms with van der Waals surface area (Å²) in [6.45, 7) is 2.09. The summed E-state index contributed by atoms with van der Waals surface area (Å²) in [6, 6.07) is 6.87. The normalized spacial score (nSPS) is 34.5. The van der Waals surface area contributed by atoms with Crippen molar-refractivity contribution in [1.82, 2.24) is 0 Å². The van der Waals surface area contributed by atoms with Crippen molar-refractivity contribution in [2.45, 2.75) is 57.5 Å². The Morgan fingerprint density at radius 1 is 1.23 bits per heavy atom. The smallest absolute Gasteiger partial charge is 0.338 e. The molecule has 0 spiro atoms. The number of carbonyl (C=O) groups is 2. The van der Waals surface area contributed by atoms with Crippen LogP contribution in [0.3, 0.4) is 0 Å². The summed E-state index contributed by atoms with van der Waals surface area (Å²) in [5.41, 5.74) is 0.452. The molecule has 1 aromatic rings. The van der Waals surface area contributed by atoms with Gasteiger partial charge in [0.15, 0.2) is 0 Å². The Morgan fingerprint density at radius 3 is 2.62 bits per heavy atom. The lowest BCUT2D eigenvalue weighted by Crippen LogP contribution is -2.56. The molecule has 4 saturated carbocycles. The van der Waals surface area contributed by atoms with E-state index in [1.807, 2.05) is 0 Å². The van der Waals surface area contributed by atoms with Gasteiger partial charge in [0.25, 0.3) is 0 Å². The number of esters is 1. The van der Waals surface area contributed by atoms with Gasteiger partial charge in [0, 0.05) is 12.1 Å². The van der Waals surface area contributed by atoms with Gasteiger partial charge in [0.1, 0.15) is 0 Å². The van der Waals surface area contributed by atoms with Crippen molar-refractivity contribution < 1.29 is 19.4 Å². The molecule has 4 aliphatic carbocycles. The molecule has 4 aliphatic rings. The number of amides is 1. The second-order valence-corrected chi connectivity index (χ2v) is 8.71. The summed E-state index contributed by atoms with van der Waals surface area (Å²) in [7, 11) is 0. The maximum Gasteiger partial charge on any atom is 0.338 e. The van der Waals surface area contributed by atoms with E-state index in [4.69, 9.17) is 4.74 Å². The van der Waals surface area contributed by atoms with Crippen LogP contribution in [-0.4, -0.2) is 29.2 Å². The third-order valence-corrected chi connectivity index (χ3v) is 6.34. The van der Waals surface area contributed by atoms with Crippen LogP contribution in [0.15, 0.2) is 24.3 Å². The molecule has 4 fully saturated rings. The molecule has 26 heavy (non-hydrogen) atoms. The number of nitrogens with one attached hydrogen (secondary N) is 1. The highest BCUT2D eigenvalue weighted by Crippen LogP contribution is 2.62. The molecular formula is C21H27NO4. The SMILES string of the molecule is CCOC(=O)c1cccc(NC(=O)CC23C[C@@H]4C[C@@H](CC(O)(C4)C2)C3)c1. The Balaban J connectivity index is 1.43. The van der Waals surface area contributed by atoms with E-state index in [9.17, 15) is 14.7 Å². The third kappa shape index (κ3) is 3.37. The summed E-state index contributed by atoms with van der Waals surface area (Å²) >= 11 is 0. The molecule has 0 saturated heterocycles. The van der Waals surface area contributed by atoms with Crippen LogP contribution in [0.2, 0.25) is 0 Å². The molecule has 1 amide bonds. The molecule has 140 valence electrons. The average Bonchev–Trinajstić information content (AvgIpc) is 2.52.